The van der Waals surface area contributed by atoms with Crippen LogP contribution in [0.25, 0.3) is 0 Å². The minimum absolute atomic E-state index is 0.369. The highest BCUT2D eigenvalue weighted by atomic mass is 32.2. The first-order chi connectivity index (χ1) is 6.08. The largest absolute Gasteiger partial charge is 0.280 e. The summed E-state index contributed by atoms with van der Waals surface area (Å²) in [5.74, 6) is 0. The van der Waals surface area contributed by atoms with E-state index in [0.29, 0.717) is 6.54 Å². The van der Waals surface area contributed by atoms with Gasteiger partial charge in [0.15, 0.2) is 0 Å². The number of benzene rings is 1. The second-order valence-corrected chi connectivity index (χ2v) is 4.17. The van der Waals surface area contributed by atoms with E-state index in [4.69, 9.17) is 0 Å². The Morgan fingerprint density at radius 3 is 2.46 bits per heavy atom. The maximum Gasteiger partial charge on any atom is 0.280 e. The van der Waals surface area contributed by atoms with Crippen LogP contribution in [-0.4, -0.2) is 14.7 Å². The van der Waals surface area contributed by atoms with Gasteiger partial charge in [-0.15, -0.1) is 0 Å². The van der Waals surface area contributed by atoms with Crippen LogP contribution in [-0.2, 0) is 20.9 Å². The molecule has 1 aromatic carbocycles. The minimum atomic E-state index is -3.41. The Kier molecular flexibility index (Phi) is 3.41. The van der Waals surface area contributed by atoms with E-state index in [1.54, 1.807) is 0 Å². The summed E-state index contributed by atoms with van der Waals surface area (Å²) in [6.45, 7) is 0.369. The van der Waals surface area contributed by atoms with Gasteiger partial charge >= 0.3 is 0 Å². The van der Waals surface area contributed by atoms with Crippen molar-refractivity contribution in [3.63, 3.8) is 0 Å². The molecule has 1 rings (SSSR count). The van der Waals surface area contributed by atoms with Gasteiger partial charge in [0, 0.05) is 6.54 Å². The summed E-state index contributed by atoms with van der Waals surface area (Å²) in [6, 6.07) is 9.38. The van der Waals surface area contributed by atoms with E-state index < -0.39 is 10.1 Å². The van der Waals surface area contributed by atoms with Crippen LogP contribution >= 0.6 is 0 Å². The van der Waals surface area contributed by atoms with Crippen LogP contribution in [0.2, 0.25) is 0 Å². The third-order valence-corrected chi connectivity index (χ3v) is 1.75. The molecule has 0 fully saturated rings. The highest BCUT2D eigenvalue weighted by molar-refractivity contribution is 7.85. The molecule has 5 heteroatoms. The summed E-state index contributed by atoms with van der Waals surface area (Å²) in [7, 11) is -3.41. The van der Waals surface area contributed by atoms with Crippen molar-refractivity contribution in [2.75, 3.05) is 6.26 Å². The van der Waals surface area contributed by atoms with Gasteiger partial charge in [-0.25, -0.2) is 0 Å². The van der Waals surface area contributed by atoms with E-state index >= 15 is 0 Å². The van der Waals surface area contributed by atoms with Gasteiger partial charge in [-0.1, -0.05) is 30.3 Å². The van der Waals surface area contributed by atoms with Gasteiger partial charge < -0.3 is 0 Å². The predicted octanol–water partition coefficient (Wildman–Crippen LogP) is 0.667. The second-order valence-electron chi connectivity index (χ2n) is 2.59. The molecule has 0 heterocycles. The Morgan fingerprint density at radius 1 is 1.31 bits per heavy atom. The third kappa shape index (κ3) is 4.62. The van der Waals surface area contributed by atoms with Crippen molar-refractivity contribution in [2.45, 2.75) is 6.54 Å². The van der Waals surface area contributed by atoms with E-state index in [0.717, 1.165) is 11.8 Å². The monoisotopic (exact) mass is 201 g/mol. The van der Waals surface area contributed by atoms with Crippen molar-refractivity contribution in [2.24, 2.45) is 0 Å². The zero-order chi connectivity index (χ0) is 9.73. The Labute approximate surface area is 77.6 Å². The smallest absolute Gasteiger partial charge is 0.198 e. The summed E-state index contributed by atoms with van der Waals surface area (Å²) in [5, 5.41) is 0. The zero-order valence-corrected chi connectivity index (χ0v) is 8.04. The van der Waals surface area contributed by atoms with Crippen molar-refractivity contribution >= 4 is 10.1 Å². The number of nitrogens with one attached hydrogen (secondary N) is 1. The van der Waals surface area contributed by atoms with Gasteiger partial charge in [0.1, 0.15) is 0 Å². The maximum absolute atomic E-state index is 10.5. The molecule has 0 aliphatic heterocycles. The molecule has 1 N–H and O–H groups in total. The predicted molar refractivity (Wildman–Crippen MR) is 49.2 cm³/mol. The number of hydrogen-bond donors (Lipinski definition) is 1. The molecule has 0 aromatic heterocycles. The normalized spacial score (nSPS) is 11.5. The van der Waals surface area contributed by atoms with E-state index in [1.165, 1.54) is 0 Å². The molecule has 0 unspecified atom stereocenters. The van der Waals surface area contributed by atoms with Gasteiger partial charge in [0.05, 0.1) is 6.26 Å². The molecule has 1 aromatic rings. The van der Waals surface area contributed by atoms with Crippen LogP contribution in [0.15, 0.2) is 30.3 Å². The quantitative estimate of drug-likeness (QED) is 0.727. The molecule has 72 valence electrons. The van der Waals surface area contributed by atoms with Crippen LogP contribution in [0.4, 0.5) is 0 Å². The number of rotatable bonds is 4. The molecule has 0 saturated carbocycles. The molecule has 0 saturated heterocycles. The van der Waals surface area contributed by atoms with E-state index in [-0.39, 0.29) is 0 Å². The summed E-state index contributed by atoms with van der Waals surface area (Å²) in [5.41, 5.74) is 3.32. The lowest BCUT2D eigenvalue weighted by Gasteiger charge is -2.02. The summed E-state index contributed by atoms with van der Waals surface area (Å²) >= 11 is 0. The third-order valence-electron chi connectivity index (χ3n) is 1.33. The summed E-state index contributed by atoms with van der Waals surface area (Å²) in [6.07, 6.45) is 0.991. The molecular weight excluding hydrogens is 190 g/mol. The molecule has 0 amide bonds. The van der Waals surface area contributed by atoms with Crippen molar-refractivity contribution in [3.05, 3.63) is 35.9 Å². The van der Waals surface area contributed by atoms with Crippen molar-refractivity contribution in [3.8, 4) is 0 Å². The highest BCUT2D eigenvalue weighted by Gasteiger charge is 1.99. The molecule has 4 nitrogen and oxygen atoms in total. The first-order valence-electron chi connectivity index (χ1n) is 3.73. The van der Waals surface area contributed by atoms with Crippen molar-refractivity contribution in [1.82, 2.24) is 5.48 Å². The molecule has 13 heavy (non-hydrogen) atoms. The molecular formula is C8H11NO3S. The molecule has 0 aliphatic rings. The van der Waals surface area contributed by atoms with E-state index in [9.17, 15) is 8.42 Å². The van der Waals surface area contributed by atoms with Crippen LogP contribution in [0.1, 0.15) is 5.56 Å². The fraction of sp³-hybridized carbons (Fsp3) is 0.250. The highest BCUT2D eigenvalue weighted by Crippen LogP contribution is 1.97. The SMILES string of the molecule is CS(=O)(=O)ONCc1ccccc1. The Morgan fingerprint density at radius 2 is 1.92 bits per heavy atom. The lowest BCUT2D eigenvalue weighted by molar-refractivity contribution is 0.201. The van der Waals surface area contributed by atoms with Gasteiger partial charge in [-0.2, -0.15) is 18.2 Å². The summed E-state index contributed by atoms with van der Waals surface area (Å²) < 4.78 is 25.4. The van der Waals surface area contributed by atoms with Gasteiger partial charge in [-0.3, -0.25) is 0 Å². The zero-order valence-electron chi connectivity index (χ0n) is 7.23. The minimum Gasteiger partial charge on any atom is -0.198 e. The standard InChI is InChI=1S/C8H11NO3S/c1-13(10,11)12-9-7-8-5-3-2-4-6-8/h2-6,9H,7H2,1H3. The first-order valence-corrected chi connectivity index (χ1v) is 5.55. The maximum atomic E-state index is 10.5. The van der Waals surface area contributed by atoms with Crippen LogP contribution in [0.3, 0.4) is 0 Å². The molecule has 0 atom stereocenters. The number of hydrogen-bond acceptors (Lipinski definition) is 4. The van der Waals surface area contributed by atoms with Crippen LogP contribution < -0.4 is 5.48 Å². The molecule has 0 spiro atoms. The molecule has 0 radical (unpaired) electrons. The average molecular weight is 201 g/mol. The fourth-order valence-corrected chi connectivity index (χ4v) is 1.09. The van der Waals surface area contributed by atoms with Crippen molar-refractivity contribution < 1.29 is 12.7 Å². The lowest BCUT2D eigenvalue weighted by Crippen LogP contribution is -2.18. The molecule has 0 bridgehead atoms. The average Bonchev–Trinajstić information content (AvgIpc) is 2.04. The Hall–Kier alpha value is -0.910. The van der Waals surface area contributed by atoms with Gasteiger partial charge in [0.25, 0.3) is 10.1 Å². The van der Waals surface area contributed by atoms with E-state index in [2.05, 4.69) is 9.76 Å². The first kappa shape index (κ1) is 10.2. The summed E-state index contributed by atoms with van der Waals surface area (Å²) in [4.78, 5) is 0. The van der Waals surface area contributed by atoms with Crippen LogP contribution in [0, 0.1) is 0 Å². The fourth-order valence-electron chi connectivity index (χ4n) is 0.816. The van der Waals surface area contributed by atoms with Crippen molar-refractivity contribution in [1.29, 1.82) is 0 Å². The topological polar surface area (TPSA) is 55.4 Å². The van der Waals surface area contributed by atoms with E-state index in [1.807, 2.05) is 30.3 Å². The van der Waals surface area contributed by atoms with Gasteiger partial charge in [-0.05, 0) is 5.56 Å². The Balaban J connectivity index is 2.37. The lowest BCUT2D eigenvalue weighted by atomic mass is 10.2. The van der Waals surface area contributed by atoms with Crippen LogP contribution in [0.5, 0.6) is 0 Å². The Bertz CT molecular complexity index is 347. The van der Waals surface area contributed by atoms with Gasteiger partial charge in [0.2, 0.25) is 0 Å². The second kappa shape index (κ2) is 4.36. The number of hydroxylamine groups is 1. The molecule has 0 aliphatic carbocycles.